The zero-order valence-electron chi connectivity index (χ0n) is 17.6. The molecule has 152 valence electrons. The van der Waals surface area contributed by atoms with Crippen LogP contribution in [0.15, 0.2) is 48.5 Å². The van der Waals surface area contributed by atoms with Crippen LogP contribution in [0, 0.1) is 6.92 Å². The molecule has 0 aromatic heterocycles. The zero-order valence-corrected chi connectivity index (χ0v) is 17.6. The molecule has 2 bridgehead atoms. The van der Waals surface area contributed by atoms with Gasteiger partial charge in [0.05, 0.1) is 0 Å². The summed E-state index contributed by atoms with van der Waals surface area (Å²) in [5, 5.41) is 3.96. The molecule has 1 saturated carbocycles. The Bertz CT molecular complexity index is 876. The predicted molar refractivity (Wildman–Crippen MR) is 118 cm³/mol. The lowest BCUT2D eigenvalue weighted by Crippen LogP contribution is -2.47. The molecular formula is C26H32N2O. The standard InChI is InChI=1S/C26H32N2O/c1-17-4-3-5-20(12-17)26(29)13-18-6-8-19(9-7-18)24-16-25(24)27-21-14-22-10-11-23(15-21)28(22)2/h3-9,12,21-25,27H,10-11,13-16H2,1-2H3. The Kier molecular flexibility index (Phi) is 5.05. The van der Waals surface area contributed by atoms with Gasteiger partial charge in [-0.15, -0.1) is 0 Å². The van der Waals surface area contributed by atoms with Gasteiger partial charge in [-0.2, -0.15) is 0 Å². The first-order valence-electron chi connectivity index (χ1n) is 11.2. The van der Waals surface area contributed by atoms with Gasteiger partial charge in [0, 0.05) is 42.1 Å². The Balaban J connectivity index is 1.15. The van der Waals surface area contributed by atoms with Gasteiger partial charge in [-0.1, -0.05) is 48.0 Å². The lowest BCUT2D eigenvalue weighted by atomic mass is 9.97. The Labute approximate surface area is 174 Å². The number of nitrogens with zero attached hydrogens (tertiary/aromatic N) is 1. The van der Waals surface area contributed by atoms with Crippen LogP contribution >= 0.6 is 0 Å². The third-order valence-electron chi connectivity index (χ3n) is 7.45. The number of carbonyl (C=O) groups is 1. The van der Waals surface area contributed by atoms with E-state index in [2.05, 4.69) is 41.5 Å². The van der Waals surface area contributed by atoms with Crippen LogP contribution in [-0.2, 0) is 6.42 Å². The molecule has 0 radical (unpaired) electrons. The first-order valence-corrected chi connectivity index (χ1v) is 11.2. The minimum absolute atomic E-state index is 0.198. The number of aryl methyl sites for hydroxylation is 1. The summed E-state index contributed by atoms with van der Waals surface area (Å²) >= 11 is 0. The van der Waals surface area contributed by atoms with Gasteiger partial charge in [-0.3, -0.25) is 4.79 Å². The maximum atomic E-state index is 12.5. The highest BCUT2D eigenvalue weighted by Crippen LogP contribution is 2.43. The molecule has 0 amide bonds. The van der Waals surface area contributed by atoms with Crippen molar-refractivity contribution in [1.82, 2.24) is 10.2 Å². The van der Waals surface area contributed by atoms with Gasteiger partial charge in [0.15, 0.2) is 5.78 Å². The van der Waals surface area contributed by atoms with E-state index >= 15 is 0 Å². The molecule has 1 aliphatic carbocycles. The summed E-state index contributed by atoms with van der Waals surface area (Å²) in [4.78, 5) is 15.1. The average Bonchev–Trinajstić information content (AvgIpc) is 3.44. The Hall–Kier alpha value is -1.97. The number of benzene rings is 2. The van der Waals surface area contributed by atoms with Gasteiger partial charge in [0.25, 0.3) is 0 Å². The van der Waals surface area contributed by atoms with Crippen molar-refractivity contribution >= 4 is 5.78 Å². The van der Waals surface area contributed by atoms with Crippen molar-refractivity contribution in [3.8, 4) is 0 Å². The van der Waals surface area contributed by atoms with E-state index < -0.39 is 0 Å². The first kappa shape index (κ1) is 19.0. The fourth-order valence-corrected chi connectivity index (χ4v) is 5.59. The molecule has 29 heavy (non-hydrogen) atoms. The maximum absolute atomic E-state index is 12.5. The molecule has 5 rings (SSSR count). The van der Waals surface area contributed by atoms with Crippen molar-refractivity contribution in [2.75, 3.05) is 7.05 Å². The molecule has 2 saturated heterocycles. The number of ketones is 1. The number of hydrogen-bond acceptors (Lipinski definition) is 3. The molecule has 3 fully saturated rings. The molecule has 3 nitrogen and oxygen atoms in total. The number of hydrogen-bond donors (Lipinski definition) is 1. The van der Waals surface area contributed by atoms with Crippen molar-refractivity contribution in [3.05, 3.63) is 70.8 Å². The molecule has 2 aromatic rings. The minimum atomic E-state index is 0.198. The molecule has 2 aromatic carbocycles. The van der Waals surface area contributed by atoms with Crippen LogP contribution in [-0.4, -0.2) is 41.9 Å². The second-order valence-electron chi connectivity index (χ2n) is 9.55. The largest absolute Gasteiger partial charge is 0.310 e. The van der Waals surface area contributed by atoms with Crippen LogP contribution in [0.3, 0.4) is 0 Å². The fraction of sp³-hybridized carbons (Fsp3) is 0.500. The second-order valence-corrected chi connectivity index (χ2v) is 9.55. The van der Waals surface area contributed by atoms with Crippen LogP contribution in [0.4, 0.5) is 0 Å². The molecule has 4 atom stereocenters. The molecule has 1 N–H and O–H groups in total. The summed E-state index contributed by atoms with van der Waals surface area (Å²) < 4.78 is 0. The minimum Gasteiger partial charge on any atom is -0.310 e. The fourth-order valence-electron chi connectivity index (χ4n) is 5.59. The molecule has 3 aliphatic rings. The van der Waals surface area contributed by atoms with Crippen molar-refractivity contribution in [2.24, 2.45) is 0 Å². The van der Waals surface area contributed by atoms with E-state index in [1.807, 2.05) is 31.2 Å². The van der Waals surface area contributed by atoms with E-state index in [4.69, 9.17) is 0 Å². The van der Waals surface area contributed by atoms with Crippen LogP contribution in [0.5, 0.6) is 0 Å². The quantitative estimate of drug-likeness (QED) is 0.740. The molecule has 0 spiro atoms. The van der Waals surface area contributed by atoms with E-state index in [0.717, 1.165) is 28.8 Å². The highest BCUT2D eigenvalue weighted by atomic mass is 16.1. The van der Waals surface area contributed by atoms with Crippen molar-refractivity contribution in [2.45, 2.75) is 75.5 Å². The third-order valence-corrected chi connectivity index (χ3v) is 7.45. The second kappa shape index (κ2) is 7.70. The van der Waals surface area contributed by atoms with E-state index in [1.165, 1.54) is 37.7 Å². The highest BCUT2D eigenvalue weighted by Gasteiger charge is 2.43. The highest BCUT2D eigenvalue weighted by molar-refractivity contribution is 5.97. The summed E-state index contributed by atoms with van der Waals surface area (Å²) in [5.74, 6) is 0.846. The Morgan fingerprint density at radius 2 is 1.76 bits per heavy atom. The van der Waals surface area contributed by atoms with Crippen LogP contribution in [0.2, 0.25) is 0 Å². The Morgan fingerprint density at radius 3 is 2.45 bits per heavy atom. The smallest absolute Gasteiger partial charge is 0.167 e. The van der Waals surface area contributed by atoms with Crippen molar-refractivity contribution < 1.29 is 4.79 Å². The maximum Gasteiger partial charge on any atom is 0.167 e. The summed E-state index contributed by atoms with van der Waals surface area (Å²) in [6.45, 7) is 2.03. The van der Waals surface area contributed by atoms with Crippen LogP contribution in [0.1, 0.15) is 65.1 Å². The lowest BCUT2D eigenvalue weighted by Gasteiger charge is -2.37. The summed E-state index contributed by atoms with van der Waals surface area (Å²) in [7, 11) is 2.31. The van der Waals surface area contributed by atoms with E-state index in [1.54, 1.807) is 0 Å². The van der Waals surface area contributed by atoms with Gasteiger partial charge in [-0.05, 0) is 63.3 Å². The number of rotatable bonds is 6. The summed E-state index contributed by atoms with van der Waals surface area (Å²) in [6.07, 6.45) is 7.14. The van der Waals surface area contributed by atoms with E-state index in [9.17, 15) is 4.79 Å². The number of nitrogens with one attached hydrogen (secondary N) is 1. The number of piperidine rings is 1. The normalized spacial score (nSPS) is 31.0. The van der Waals surface area contributed by atoms with Crippen LogP contribution < -0.4 is 5.32 Å². The summed E-state index contributed by atoms with van der Waals surface area (Å²) in [5.41, 5.74) is 4.48. The lowest BCUT2D eigenvalue weighted by molar-refractivity contribution is 0.0993. The first-order chi connectivity index (χ1) is 14.1. The Morgan fingerprint density at radius 1 is 1.03 bits per heavy atom. The molecule has 2 aliphatic heterocycles. The molecule has 2 heterocycles. The third kappa shape index (κ3) is 4.04. The van der Waals surface area contributed by atoms with Gasteiger partial charge >= 0.3 is 0 Å². The van der Waals surface area contributed by atoms with Gasteiger partial charge in [-0.25, -0.2) is 0 Å². The number of carbonyl (C=O) groups excluding carboxylic acids is 1. The average molecular weight is 389 g/mol. The van der Waals surface area contributed by atoms with Gasteiger partial charge < -0.3 is 10.2 Å². The molecular weight excluding hydrogens is 356 g/mol. The van der Waals surface area contributed by atoms with Gasteiger partial charge in [0.2, 0.25) is 0 Å². The monoisotopic (exact) mass is 388 g/mol. The SMILES string of the molecule is Cc1cccc(C(=O)Cc2ccc(C3CC3NC3CC4CCC(C3)N4C)cc2)c1. The number of fused-ring (bicyclic) bond motifs is 2. The number of Topliss-reactive ketones (excluding diaryl/α,β-unsaturated/α-hetero) is 1. The van der Waals surface area contributed by atoms with Crippen LogP contribution in [0.25, 0.3) is 0 Å². The van der Waals surface area contributed by atoms with Crippen molar-refractivity contribution in [3.63, 3.8) is 0 Å². The topological polar surface area (TPSA) is 32.3 Å². The van der Waals surface area contributed by atoms with E-state index in [0.29, 0.717) is 24.4 Å². The van der Waals surface area contributed by atoms with E-state index in [-0.39, 0.29) is 5.78 Å². The van der Waals surface area contributed by atoms with Gasteiger partial charge in [0.1, 0.15) is 0 Å². The summed E-state index contributed by atoms with van der Waals surface area (Å²) in [6, 6.07) is 19.6. The molecule has 4 unspecified atom stereocenters. The molecule has 3 heteroatoms. The predicted octanol–water partition coefficient (Wildman–Crippen LogP) is 4.49. The van der Waals surface area contributed by atoms with Crippen molar-refractivity contribution in [1.29, 1.82) is 0 Å². The zero-order chi connectivity index (χ0) is 20.0.